The number of hydrogen-bond donors (Lipinski definition) is 3. The van der Waals surface area contributed by atoms with Crippen molar-refractivity contribution >= 4 is 28.4 Å². The number of anilines is 1. The first kappa shape index (κ1) is 17.8. The van der Waals surface area contributed by atoms with Gasteiger partial charge in [-0.15, -0.1) is 0 Å². The lowest BCUT2D eigenvalue weighted by Crippen LogP contribution is -2.43. The highest BCUT2D eigenvalue weighted by molar-refractivity contribution is 5.96. The van der Waals surface area contributed by atoms with Crippen molar-refractivity contribution in [1.82, 2.24) is 20.2 Å². The number of hydrogen-bond acceptors (Lipinski definition) is 3. The highest BCUT2D eigenvalue weighted by atomic mass is 19.4. The van der Waals surface area contributed by atoms with Crippen molar-refractivity contribution in [2.24, 2.45) is 5.92 Å². The summed E-state index contributed by atoms with van der Waals surface area (Å²) in [7, 11) is 0. The Labute approximate surface area is 147 Å². The van der Waals surface area contributed by atoms with Gasteiger partial charge in [-0.3, -0.25) is 4.98 Å². The van der Waals surface area contributed by atoms with Crippen molar-refractivity contribution in [3.8, 4) is 0 Å². The third-order valence-corrected chi connectivity index (χ3v) is 4.36. The highest BCUT2D eigenvalue weighted by Crippen LogP contribution is 2.34. The zero-order valence-electron chi connectivity index (χ0n) is 13.9. The lowest BCUT2D eigenvalue weighted by atomic mass is 10.1. The molecule has 1 aliphatic rings. The fraction of sp³-hybridized carbons (Fsp3) is 0.438. The van der Waals surface area contributed by atoms with Crippen molar-refractivity contribution in [2.45, 2.75) is 19.1 Å². The fourth-order valence-corrected chi connectivity index (χ4v) is 3.03. The normalized spacial score (nSPS) is 20.2. The van der Waals surface area contributed by atoms with Gasteiger partial charge >= 0.3 is 12.2 Å². The quantitative estimate of drug-likeness (QED) is 0.731. The zero-order valence-corrected chi connectivity index (χ0v) is 13.9. The highest BCUT2D eigenvalue weighted by Gasteiger charge is 2.35. The van der Waals surface area contributed by atoms with E-state index in [9.17, 15) is 18.0 Å². The summed E-state index contributed by atoms with van der Waals surface area (Å²) in [5.74, 6) is 0.00683. The van der Waals surface area contributed by atoms with Crippen molar-refractivity contribution in [3.05, 3.63) is 29.9 Å². The van der Waals surface area contributed by atoms with Crippen LogP contribution in [0.3, 0.4) is 0 Å². The number of carbonyl (C=O) groups is 1. The Balaban J connectivity index is 1.73. The number of rotatable bonds is 3. The van der Waals surface area contributed by atoms with Crippen LogP contribution in [-0.4, -0.2) is 52.8 Å². The van der Waals surface area contributed by atoms with E-state index in [4.69, 9.17) is 6.57 Å². The maximum absolute atomic E-state index is 12.3. The molecule has 1 unspecified atom stereocenters. The maximum atomic E-state index is 12.3. The smallest absolute Gasteiger partial charge is 0.388 e. The number of alkyl halides is 3. The van der Waals surface area contributed by atoms with E-state index in [1.807, 2.05) is 12.2 Å². The molecule has 3 rings (SSSR count). The van der Waals surface area contributed by atoms with Crippen LogP contribution in [-0.2, 0) is 0 Å². The second kappa shape index (κ2) is 6.74. The Morgan fingerprint density at radius 2 is 2.27 bits per heavy atom. The van der Waals surface area contributed by atoms with Gasteiger partial charge in [0.2, 0.25) is 5.69 Å². The summed E-state index contributed by atoms with van der Waals surface area (Å²) in [6.07, 6.45) is -1.27. The second-order valence-electron chi connectivity index (χ2n) is 6.28. The van der Waals surface area contributed by atoms with Crippen LogP contribution in [0.4, 0.5) is 29.3 Å². The fourth-order valence-electron chi connectivity index (χ4n) is 3.03. The standard InChI is InChI=1S/C16H17F3N6O/c1-9-6-25(15(26)23-8-16(17,18)19)7-12(9)24-13-10-3-4-21-14(10)22-5-11(13)20-2/h3-5,9,12H,6-8H2,1H3,(H,23,26)(H2,21,22,24)/t9-,12?/m1/s1. The number of aromatic nitrogens is 2. The third kappa shape index (κ3) is 3.66. The average Bonchev–Trinajstić information content (AvgIpc) is 3.19. The summed E-state index contributed by atoms with van der Waals surface area (Å²) in [5, 5.41) is 5.92. The Hall–Kier alpha value is -2.96. The molecule has 138 valence electrons. The molecule has 1 saturated heterocycles. The lowest BCUT2D eigenvalue weighted by Gasteiger charge is -2.20. The molecule has 10 heteroatoms. The number of carbonyl (C=O) groups excluding carboxylic acids is 1. The number of nitrogens with zero attached hydrogens (tertiary/aromatic N) is 3. The summed E-state index contributed by atoms with van der Waals surface area (Å²) >= 11 is 0. The topological polar surface area (TPSA) is 77.4 Å². The Morgan fingerprint density at radius 3 is 2.96 bits per heavy atom. The molecule has 0 aromatic carbocycles. The van der Waals surface area contributed by atoms with Gasteiger partial charge in [0.1, 0.15) is 12.2 Å². The van der Waals surface area contributed by atoms with E-state index >= 15 is 0 Å². The number of pyridine rings is 1. The van der Waals surface area contributed by atoms with Gasteiger partial charge in [0, 0.05) is 36.9 Å². The molecule has 2 aromatic heterocycles. The van der Waals surface area contributed by atoms with Crippen molar-refractivity contribution in [2.75, 3.05) is 25.0 Å². The van der Waals surface area contributed by atoms with Gasteiger partial charge in [-0.25, -0.2) is 9.64 Å². The van der Waals surface area contributed by atoms with E-state index in [1.165, 1.54) is 11.1 Å². The summed E-state index contributed by atoms with van der Waals surface area (Å²) in [5.41, 5.74) is 1.59. The SMILES string of the molecule is [C-]#[N+]c1cnc2[nH]ccc2c1NC1CN(C(=O)NCC(F)(F)F)C[C@H]1C. The van der Waals surface area contributed by atoms with E-state index < -0.39 is 18.8 Å². The molecule has 2 atom stereocenters. The molecule has 7 nitrogen and oxygen atoms in total. The van der Waals surface area contributed by atoms with Gasteiger partial charge in [-0.05, 0) is 12.0 Å². The Kier molecular flexibility index (Phi) is 4.63. The minimum atomic E-state index is -4.44. The van der Waals surface area contributed by atoms with Crippen LogP contribution in [0.2, 0.25) is 0 Å². The molecule has 3 N–H and O–H groups in total. The van der Waals surface area contributed by atoms with Crippen molar-refractivity contribution < 1.29 is 18.0 Å². The molecule has 0 saturated carbocycles. The van der Waals surface area contributed by atoms with Gasteiger partial charge in [0.15, 0.2) is 0 Å². The number of nitrogens with one attached hydrogen (secondary N) is 3. The maximum Gasteiger partial charge on any atom is 0.405 e. The van der Waals surface area contributed by atoms with E-state index in [2.05, 4.69) is 20.1 Å². The van der Waals surface area contributed by atoms with E-state index in [1.54, 1.807) is 12.3 Å². The first-order valence-electron chi connectivity index (χ1n) is 7.98. The molecule has 2 amide bonds. The second-order valence-corrected chi connectivity index (χ2v) is 6.28. The number of halogens is 3. The zero-order chi connectivity index (χ0) is 18.9. The predicted molar refractivity (Wildman–Crippen MR) is 90.0 cm³/mol. The summed E-state index contributed by atoms with van der Waals surface area (Å²) in [4.78, 5) is 23.9. The molecule has 1 aliphatic heterocycles. The predicted octanol–water partition coefficient (Wildman–Crippen LogP) is 3.12. The largest absolute Gasteiger partial charge is 0.405 e. The van der Waals surface area contributed by atoms with E-state index in [0.29, 0.717) is 23.6 Å². The molecule has 0 aliphatic carbocycles. The Bertz CT molecular complexity index is 856. The molecule has 26 heavy (non-hydrogen) atoms. The van der Waals surface area contributed by atoms with Crippen LogP contribution < -0.4 is 10.6 Å². The number of urea groups is 1. The van der Waals surface area contributed by atoms with Crippen LogP contribution in [0.1, 0.15) is 6.92 Å². The first-order chi connectivity index (χ1) is 12.3. The molecule has 1 fully saturated rings. The molecule has 3 heterocycles. The van der Waals surface area contributed by atoms with Gasteiger partial charge in [0.25, 0.3) is 0 Å². The number of likely N-dealkylation sites (tertiary alicyclic amines) is 1. The monoisotopic (exact) mass is 366 g/mol. The number of H-pyrrole nitrogens is 1. The number of amides is 2. The van der Waals surface area contributed by atoms with Gasteiger partial charge in [-0.2, -0.15) is 13.2 Å². The lowest BCUT2D eigenvalue weighted by molar-refractivity contribution is -0.123. The molecular formula is C16H17F3N6O. The van der Waals surface area contributed by atoms with Crippen LogP contribution in [0.25, 0.3) is 15.9 Å². The summed E-state index contributed by atoms with van der Waals surface area (Å²) < 4.78 is 36.8. The average molecular weight is 366 g/mol. The molecular weight excluding hydrogens is 349 g/mol. The van der Waals surface area contributed by atoms with Gasteiger partial charge in [0.05, 0.1) is 12.3 Å². The van der Waals surface area contributed by atoms with Crippen LogP contribution in [0.15, 0.2) is 18.5 Å². The minimum absolute atomic E-state index is 0.00683. The first-order valence-corrected chi connectivity index (χ1v) is 7.98. The van der Waals surface area contributed by atoms with Crippen LogP contribution in [0, 0.1) is 12.5 Å². The van der Waals surface area contributed by atoms with Crippen LogP contribution >= 0.6 is 0 Å². The number of fused-ring (bicyclic) bond motifs is 1. The molecule has 2 aromatic rings. The van der Waals surface area contributed by atoms with Crippen molar-refractivity contribution in [1.29, 1.82) is 0 Å². The third-order valence-electron chi connectivity index (χ3n) is 4.36. The van der Waals surface area contributed by atoms with Gasteiger partial charge in [-0.1, -0.05) is 6.92 Å². The molecule has 0 bridgehead atoms. The van der Waals surface area contributed by atoms with E-state index in [-0.39, 0.29) is 18.5 Å². The summed E-state index contributed by atoms with van der Waals surface area (Å²) in [6.45, 7) is 8.44. The van der Waals surface area contributed by atoms with Crippen molar-refractivity contribution in [3.63, 3.8) is 0 Å². The minimum Gasteiger partial charge on any atom is -0.388 e. The molecule has 0 spiro atoms. The summed E-state index contributed by atoms with van der Waals surface area (Å²) in [6, 6.07) is 0.866. The molecule has 0 radical (unpaired) electrons. The van der Waals surface area contributed by atoms with Crippen LogP contribution in [0.5, 0.6) is 0 Å². The number of aromatic amines is 1. The van der Waals surface area contributed by atoms with E-state index in [0.717, 1.165) is 5.39 Å². The van der Waals surface area contributed by atoms with Gasteiger partial charge < -0.3 is 20.5 Å². The Morgan fingerprint density at radius 1 is 1.50 bits per heavy atom.